The van der Waals surface area contributed by atoms with Crippen LogP contribution in [0.15, 0.2) is 73.3 Å². The lowest BCUT2D eigenvalue weighted by Crippen LogP contribution is -2.62. The molecule has 0 saturated heterocycles. The molecule has 0 aliphatic rings. The van der Waals surface area contributed by atoms with Crippen molar-refractivity contribution in [3.8, 4) is 0 Å². The summed E-state index contributed by atoms with van der Waals surface area (Å²) in [6.45, 7) is 12.2. The number of rotatable bonds is 48. The van der Waals surface area contributed by atoms with Crippen LogP contribution in [0.3, 0.4) is 0 Å². The number of hydrogen-bond donors (Lipinski definition) is 21. The average Bonchev–Trinajstić information content (AvgIpc) is 1.62. The van der Waals surface area contributed by atoms with Crippen molar-refractivity contribution in [2.45, 2.75) is 224 Å². The van der Waals surface area contributed by atoms with Gasteiger partial charge in [0, 0.05) is 81.5 Å². The molecule has 0 radical (unpaired) electrons. The molecule has 23 N–H and O–H groups in total. The number of hydrogen-bond acceptors (Lipinski definition) is 20. The number of nitrogens with zero attached hydrogens (tertiary/aromatic N) is 1. The highest BCUT2D eigenvalue weighted by atomic mass is 16.4. The van der Waals surface area contributed by atoms with E-state index in [0.717, 1.165) is 6.92 Å². The van der Waals surface area contributed by atoms with Crippen molar-refractivity contribution >= 4 is 105 Å². The van der Waals surface area contributed by atoms with Crippen molar-refractivity contribution in [3.63, 3.8) is 0 Å². The Bertz CT molecular complexity index is 3810. The highest BCUT2D eigenvalue weighted by Crippen LogP contribution is 2.21. The molecule has 604 valence electrons. The molecule has 0 aliphatic heterocycles. The number of aliphatic hydroxyl groups is 3. The minimum atomic E-state index is -1.79. The lowest BCUT2D eigenvalue weighted by atomic mass is 10.0. The van der Waals surface area contributed by atoms with Crippen LogP contribution in [-0.2, 0) is 96.0 Å². The number of carbonyl (C=O) groups excluding carboxylic acids is 15. The predicted molar refractivity (Wildman–Crippen MR) is 395 cm³/mol. The molecule has 4 rings (SSSR count). The van der Waals surface area contributed by atoms with E-state index in [1.165, 1.54) is 40.2 Å². The summed E-state index contributed by atoms with van der Waals surface area (Å²) in [6.07, 6.45) is -2.10. The van der Waals surface area contributed by atoms with E-state index >= 15 is 4.79 Å². The number of aromatic amines is 2. The van der Waals surface area contributed by atoms with Gasteiger partial charge in [0.05, 0.1) is 25.1 Å². The third-order valence-electron chi connectivity index (χ3n) is 17.2. The number of unbranched alkanes of at least 4 members (excludes halogenated alkanes) is 1. The van der Waals surface area contributed by atoms with Gasteiger partial charge in [0.2, 0.25) is 88.6 Å². The van der Waals surface area contributed by atoms with Gasteiger partial charge >= 0.3 is 5.97 Å². The number of primary amides is 2. The van der Waals surface area contributed by atoms with Crippen LogP contribution >= 0.6 is 0 Å². The standard InChI is InChI=1S/C72H106N18O20/c1-36(2)27-51(80-42(9)95)69(107)89-59(39(6)92)71(109)87-53(29-43-17-11-10-12-18-43)67(105)83-50(23-25-58(97)98)65(103)86-55(31-45-33-75-35-78-45)68(106)82-48(21-15-16-26-76-41(8)94)63(101)85-54(30-44-32-77-47-20-14-13-19-46(44)47)66(104)79-38(5)62(100)81-49(22-24-57(73)96)64(102)84-52(28-37(3)4)70(108)90-60(40(7)93)72(110)88-56(34-91)61(74)99/h10-14,17-20,32-33,35-40,48-56,59-60,77,91-93H,15-16,21-31,34H2,1-9H3,(H2,73,96)(H2,74,99)(H,75,78)(H,76,94)(H,79,104)(H,80,95)(H,81,100)(H,82,106)(H,83,105)(H,84,102)(H,85,101)(H,86,103)(H,87,109)(H,88,110)(H,89,107)(H,90,108)(H,97,98)/t38-,39+,40+,48-,49-,50-,51-,52-,53-,54-,55-,56-,59-,60-/m0/s1. The van der Waals surface area contributed by atoms with Crippen molar-refractivity contribution < 1.29 is 97.1 Å². The van der Waals surface area contributed by atoms with Crippen LogP contribution in [0, 0.1) is 11.8 Å². The molecule has 4 aromatic rings. The first-order valence-corrected chi connectivity index (χ1v) is 36.1. The van der Waals surface area contributed by atoms with E-state index in [4.69, 9.17) is 11.5 Å². The summed E-state index contributed by atoms with van der Waals surface area (Å²) in [5, 5.41) is 73.9. The minimum absolute atomic E-state index is 0.105. The summed E-state index contributed by atoms with van der Waals surface area (Å²) in [5.74, 6) is -16.2. The zero-order valence-electron chi connectivity index (χ0n) is 63.0. The molecular formula is C72H106N18O20. The Hall–Kier alpha value is -11.4. The Morgan fingerprint density at radius 1 is 0.455 bits per heavy atom. The first kappa shape index (κ1) is 91.0. The van der Waals surface area contributed by atoms with E-state index in [1.807, 2.05) is 0 Å². The maximum absolute atomic E-state index is 15.1. The van der Waals surface area contributed by atoms with Gasteiger partial charge in [-0.3, -0.25) is 76.7 Å². The van der Waals surface area contributed by atoms with E-state index in [2.05, 4.69) is 84.1 Å². The average molecular weight is 1540 g/mol. The smallest absolute Gasteiger partial charge is 0.303 e. The molecule has 2 aromatic heterocycles. The molecule has 110 heavy (non-hydrogen) atoms. The first-order valence-electron chi connectivity index (χ1n) is 36.1. The fourth-order valence-electron chi connectivity index (χ4n) is 11.4. The van der Waals surface area contributed by atoms with Gasteiger partial charge in [-0.15, -0.1) is 0 Å². The summed E-state index contributed by atoms with van der Waals surface area (Å²) < 4.78 is 0. The van der Waals surface area contributed by atoms with Crippen LogP contribution < -0.4 is 80.6 Å². The Balaban J connectivity index is 1.71. The third kappa shape index (κ3) is 31.4. The summed E-state index contributed by atoms with van der Waals surface area (Å²) >= 11 is 0. The van der Waals surface area contributed by atoms with Gasteiger partial charge in [0.15, 0.2) is 0 Å². The van der Waals surface area contributed by atoms with Crippen molar-refractivity contribution in [1.82, 2.24) is 84.1 Å². The highest BCUT2D eigenvalue weighted by molar-refractivity contribution is 6.00. The number of carbonyl (C=O) groups is 16. The quantitative estimate of drug-likeness (QED) is 0.0186. The van der Waals surface area contributed by atoms with Crippen LogP contribution in [0.5, 0.6) is 0 Å². The van der Waals surface area contributed by atoms with Crippen LogP contribution in [0.4, 0.5) is 0 Å². The van der Waals surface area contributed by atoms with E-state index in [1.54, 1.807) is 88.5 Å². The molecule has 0 saturated carbocycles. The Labute approximate surface area is 635 Å². The van der Waals surface area contributed by atoms with Crippen molar-refractivity contribution in [2.24, 2.45) is 23.3 Å². The molecule has 38 nitrogen and oxygen atoms in total. The first-order chi connectivity index (χ1) is 51.9. The normalized spacial score (nSPS) is 15.0. The second-order valence-electron chi connectivity index (χ2n) is 27.7. The molecule has 0 aliphatic carbocycles. The number of H-pyrrole nitrogens is 2. The number of aliphatic carboxylic acids is 1. The number of aliphatic hydroxyl groups excluding tert-OH is 3. The molecule has 0 spiro atoms. The van der Waals surface area contributed by atoms with Crippen molar-refractivity contribution in [1.29, 1.82) is 0 Å². The van der Waals surface area contributed by atoms with Crippen molar-refractivity contribution in [3.05, 3.63) is 90.1 Å². The van der Waals surface area contributed by atoms with Gasteiger partial charge in [-0.05, 0) is 94.7 Å². The summed E-state index contributed by atoms with van der Waals surface area (Å²) in [6, 6.07) is -4.06. The Morgan fingerprint density at radius 2 is 0.900 bits per heavy atom. The lowest BCUT2D eigenvalue weighted by molar-refractivity contribution is -0.139. The zero-order valence-corrected chi connectivity index (χ0v) is 63.0. The fourth-order valence-corrected chi connectivity index (χ4v) is 11.4. The number of carboxylic acids is 1. The van der Waals surface area contributed by atoms with Gasteiger partial charge < -0.3 is 111 Å². The second-order valence-corrected chi connectivity index (χ2v) is 27.7. The number of nitrogens with two attached hydrogens (primary N) is 2. The lowest BCUT2D eigenvalue weighted by Gasteiger charge is -2.29. The number of fused-ring (bicyclic) bond motifs is 1. The molecule has 2 heterocycles. The van der Waals surface area contributed by atoms with E-state index in [-0.39, 0.29) is 74.9 Å². The molecular weight excluding hydrogens is 1440 g/mol. The second kappa shape index (κ2) is 45.4. The Kier molecular flexibility index (Phi) is 37.6. The monoisotopic (exact) mass is 1540 g/mol. The fraction of sp³-hybridized carbons (Fsp3) is 0.542. The number of imidazole rings is 1. The Morgan fingerprint density at radius 3 is 1.39 bits per heavy atom. The topological polar surface area (TPSA) is 607 Å². The van der Waals surface area contributed by atoms with Crippen LogP contribution in [0.1, 0.15) is 137 Å². The number of aromatic nitrogens is 3. The number of carboxylic acid groups (broad SMARTS) is 1. The van der Waals surface area contributed by atoms with Gasteiger partial charge in [0.25, 0.3) is 0 Å². The third-order valence-corrected chi connectivity index (χ3v) is 17.2. The predicted octanol–water partition coefficient (Wildman–Crippen LogP) is -4.46. The van der Waals surface area contributed by atoms with E-state index in [9.17, 15) is 92.3 Å². The molecule has 2 aromatic carbocycles. The molecule has 0 fully saturated rings. The van der Waals surface area contributed by atoms with Crippen molar-refractivity contribution in [2.75, 3.05) is 13.2 Å². The van der Waals surface area contributed by atoms with E-state index in [0.29, 0.717) is 22.0 Å². The molecule has 0 unspecified atom stereocenters. The molecule has 15 amide bonds. The van der Waals surface area contributed by atoms with Gasteiger partial charge in [0.1, 0.15) is 72.5 Å². The largest absolute Gasteiger partial charge is 0.481 e. The SMILES string of the molecule is CC(=O)NCCCC[C@H](NC(=O)[C@H](Cc1cnc[nH]1)NC(=O)[C@H](CCC(=O)O)NC(=O)[C@H](Cc1ccccc1)NC(=O)[C@@H](NC(=O)[C@H](CC(C)C)NC(C)=O)[C@@H](C)O)C(=O)N[C@@H](Cc1c[nH]c2ccccc12)C(=O)N[C@@H](C)C(=O)N[C@@H](CCC(N)=O)C(=O)N[C@@H](CC(C)C)C(=O)N[C@H](C(=O)N[C@@H](CO)C(N)=O)[C@@H](C)O. The van der Waals surface area contributed by atoms with Crippen LogP contribution in [0.2, 0.25) is 0 Å². The number of para-hydroxylation sites is 1. The molecule has 0 bridgehead atoms. The van der Waals surface area contributed by atoms with Gasteiger partial charge in [-0.25, -0.2) is 4.98 Å². The van der Waals surface area contributed by atoms with Crippen LogP contribution in [-0.4, -0.2) is 228 Å². The molecule has 38 heteroatoms. The molecule has 14 atom stereocenters. The highest BCUT2D eigenvalue weighted by Gasteiger charge is 2.39. The van der Waals surface area contributed by atoms with Gasteiger partial charge in [-0.2, -0.15) is 0 Å². The summed E-state index contributed by atoms with van der Waals surface area (Å²) in [4.78, 5) is 227. The van der Waals surface area contributed by atoms with Crippen LogP contribution in [0.25, 0.3) is 10.9 Å². The van der Waals surface area contributed by atoms with Gasteiger partial charge in [-0.1, -0.05) is 76.2 Å². The minimum Gasteiger partial charge on any atom is -0.481 e. The summed E-state index contributed by atoms with van der Waals surface area (Å²) in [5.41, 5.74) is 12.5. The van der Waals surface area contributed by atoms with E-state index < -0.39 is 212 Å². The maximum Gasteiger partial charge on any atom is 0.303 e. The summed E-state index contributed by atoms with van der Waals surface area (Å²) in [7, 11) is 0. The maximum atomic E-state index is 15.1. The number of amides is 15. The number of benzene rings is 2. The number of nitrogens with one attached hydrogen (secondary N) is 15. The zero-order chi connectivity index (χ0) is 82.1.